The molecule has 0 unspecified atom stereocenters. The molecule has 0 radical (unpaired) electrons. The van der Waals surface area contributed by atoms with Crippen LogP contribution in [0.5, 0.6) is 0 Å². The quantitative estimate of drug-likeness (QED) is 0.343. The predicted molar refractivity (Wildman–Crippen MR) is 89.0 cm³/mol. The van der Waals surface area contributed by atoms with Gasteiger partial charge in [-0.3, -0.25) is 10.1 Å². The van der Waals surface area contributed by atoms with Gasteiger partial charge in [-0.15, -0.1) is 0 Å². The van der Waals surface area contributed by atoms with Gasteiger partial charge in [0.1, 0.15) is 6.33 Å². The number of anilines is 1. The normalized spacial score (nSPS) is 10.5. The van der Waals surface area contributed by atoms with Crippen molar-refractivity contribution in [1.29, 1.82) is 0 Å². The summed E-state index contributed by atoms with van der Waals surface area (Å²) in [5, 5.41) is 14.7. The largest absolute Gasteiger partial charge is 0.385 e. The molecule has 0 fully saturated rings. The Bertz CT molecular complexity index is 664. The molecule has 0 saturated carbocycles. The number of nitrogens with one attached hydrogen (secondary N) is 1. The molecule has 0 aliphatic rings. The molecule has 23 heavy (non-hydrogen) atoms. The molecule has 1 N–H and O–H groups in total. The maximum atomic E-state index is 11.4. The van der Waals surface area contributed by atoms with Crippen molar-refractivity contribution in [2.75, 3.05) is 25.6 Å². The van der Waals surface area contributed by atoms with Gasteiger partial charge in [0.25, 0.3) is 0 Å². The number of hydrogen-bond donors (Lipinski definition) is 1. The van der Waals surface area contributed by atoms with Crippen LogP contribution < -0.4 is 5.32 Å². The molecule has 0 aliphatic heterocycles. The van der Waals surface area contributed by atoms with Gasteiger partial charge in [0.2, 0.25) is 5.82 Å². The summed E-state index contributed by atoms with van der Waals surface area (Å²) in [7, 11) is 1.61. The fourth-order valence-corrected chi connectivity index (χ4v) is 2.74. The monoisotopic (exact) mass is 334 g/mol. The maximum Gasteiger partial charge on any atom is 0.343 e. The van der Waals surface area contributed by atoms with Gasteiger partial charge in [0.05, 0.1) is 4.92 Å². The molecule has 0 bridgehead atoms. The van der Waals surface area contributed by atoms with E-state index < -0.39 is 4.92 Å². The van der Waals surface area contributed by atoms with Crippen LogP contribution in [0, 0.1) is 17.0 Å². The van der Waals surface area contributed by atoms with Crippen molar-refractivity contribution in [3.05, 3.63) is 46.3 Å². The lowest BCUT2D eigenvalue weighted by Crippen LogP contribution is -2.09. The van der Waals surface area contributed by atoms with Crippen molar-refractivity contribution < 1.29 is 9.66 Å². The zero-order valence-corrected chi connectivity index (χ0v) is 13.8. The second kappa shape index (κ2) is 8.44. The van der Waals surface area contributed by atoms with Crippen LogP contribution >= 0.6 is 11.8 Å². The molecular weight excluding hydrogens is 316 g/mol. The lowest BCUT2D eigenvalue weighted by molar-refractivity contribution is -0.387. The fourth-order valence-electron chi connectivity index (χ4n) is 1.87. The Morgan fingerprint density at radius 3 is 2.70 bits per heavy atom. The van der Waals surface area contributed by atoms with E-state index in [0.29, 0.717) is 18.2 Å². The van der Waals surface area contributed by atoms with Crippen molar-refractivity contribution >= 4 is 23.3 Å². The Balaban J connectivity index is 2.21. The molecule has 1 aromatic heterocycles. The van der Waals surface area contributed by atoms with Gasteiger partial charge in [0.15, 0.2) is 5.03 Å². The SMILES string of the molecule is COCCCNc1ncnc(Sc2ccc(C)cc2)c1[N+](=O)[O-]. The minimum Gasteiger partial charge on any atom is -0.385 e. The van der Waals surface area contributed by atoms with E-state index >= 15 is 0 Å². The van der Waals surface area contributed by atoms with E-state index in [4.69, 9.17) is 4.74 Å². The van der Waals surface area contributed by atoms with Crippen molar-refractivity contribution in [3.8, 4) is 0 Å². The first-order chi connectivity index (χ1) is 11.1. The summed E-state index contributed by atoms with van der Waals surface area (Å²) < 4.78 is 4.96. The summed E-state index contributed by atoms with van der Waals surface area (Å²) in [5.41, 5.74) is 1.03. The summed E-state index contributed by atoms with van der Waals surface area (Å²) in [5.74, 6) is 0.232. The topological polar surface area (TPSA) is 90.2 Å². The van der Waals surface area contributed by atoms with E-state index in [2.05, 4.69) is 15.3 Å². The summed E-state index contributed by atoms with van der Waals surface area (Å²) in [6.07, 6.45) is 2.07. The van der Waals surface area contributed by atoms with Crippen molar-refractivity contribution in [3.63, 3.8) is 0 Å². The molecule has 122 valence electrons. The number of nitro groups is 1. The van der Waals surface area contributed by atoms with Gasteiger partial charge in [-0.1, -0.05) is 29.5 Å². The second-order valence-electron chi connectivity index (χ2n) is 4.82. The standard InChI is InChI=1S/C15H18N4O3S/c1-11-4-6-12(7-5-11)23-15-13(19(20)21)14(17-10-18-15)16-8-3-9-22-2/h4-7,10H,3,8-9H2,1-2H3,(H,16,17,18). The Morgan fingerprint density at radius 2 is 2.04 bits per heavy atom. The summed E-state index contributed by atoms with van der Waals surface area (Å²) in [4.78, 5) is 19.9. The molecule has 0 aliphatic carbocycles. The third-order valence-electron chi connectivity index (χ3n) is 3.02. The molecule has 0 saturated heterocycles. The van der Waals surface area contributed by atoms with E-state index in [1.807, 2.05) is 31.2 Å². The van der Waals surface area contributed by atoms with Gasteiger partial charge in [-0.25, -0.2) is 9.97 Å². The minimum absolute atomic E-state index is 0.101. The molecule has 7 nitrogen and oxygen atoms in total. The van der Waals surface area contributed by atoms with Crippen molar-refractivity contribution in [1.82, 2.24) is 9.97 Å². The predicted octanol–water partition coefficient (Wildman–Crippen LogP) is 3.29. The lowest BCUT2D eigenvalue weighted by atomic mass is 10.2. The highest BCUT2D eigenvalue weighted by Crippen LogP contribution is 2.36. The number of hydrogen-bond acceptors (Lipinski definition) is 7. The first-order valence-corrected chi connectivity index (χ1v) is 7.90. The number of benzene rings is 1. The van der Waals surface area contributed by atoms with Gasteiger partial charge in [-0.2, -0.15) is 0 Å². The first-order valence-electron chi connectivity index (χ1n) is 7.08. The molecule has 0 spiro atoms. The number of methoxy groups -OCH3 is 1. The highest BCUT2D eigenvalue weighted by atomic mass is 32.2. The molecule has 2 rings (SSSR count). The van der Waals surface area contributed by atoms with E-state index in [1.54, 1.807) is 7.11 Å². The zero-order chi connectivity index (χ0) is 16.7. The van der Waals surface area contributed by atoms with Gasteiger partial charge in [-0.05, 0) is 25.5 Å². The average molecular weight is 334 g/mol. The Hall–Kier alpha value is -2.19. The molecule has 1 heterocycles. The fraction of sp³-hybridized carbons (Fsp3) is 0.333. The zero-order valence-electron chi connectivity index (χ0n) is 13.0. The molecule has 0 amide bonds. The van der Waals surface area contributed by atoms with E-state index in [-0.39, 0.29) is 11.5 Å². The summed E-state index contributed by atoms with van der Waals surface area (Å²) in [6, 6.07) is 7.74. The highest BCUT2D eigenvalue weighted by Gasteiger charge is 2.23. The molecule has 0 atom stereocenters. The van der Waals surface area contributed by atoms with E-state index in [1.165, 1.54) is 18.1 Å². The Kier molecular flexibility index (Phi) is 6.30. The Morgan fingerprint density at radius 1 is 1.30 bits per heavy atom. The van der Waals surface area contributed by atoms with Crippen LogP contribution in [0.2, 0.25) is 0 Å². The highest BCUT2D eigenvalue weighted by molar-refractivity contribution is 7.99. The average Bonchev–Trinajstić information content (AvgIpc) is 2.53. The summed E-state index contributed by atoms with van der Waals surface area (Å²) >= 11 is 1.25. The van der Waals surface area contributed by atoms with Gasteiger partial charge >= 0.3 is 5.69 Å². The van der Waals surface area contributed by atoms with Crippen molar-refractivity contribution in [2.45, 2.75) is 23.3 Å². The van der Waals surface area contributed by atoms with Crippen LogP contribution in [0.15, 0.2) is 40.5 Å². The molecular formula is C15H18N4O3S. The van der Waals surface area contributed by atoms with E-state index in [0.717, 1.165) is 16.9 Å². The number of aromatic nitrogens is 2. The van der Waals surface area contributed by atoms with E-state index in [9.17, 15) is 10.1 Å². The van der Waals surface area contributed by atoms with Crippen LogP contribution in [-0.4, -0.2) is 35.2 Å². The molecule has 1 aromatic carbocycles. The smallest absolute Gasteiger partial charge is 0.343 e. The number of nitrogens with zero attached hydrogens (tertiary/aromatic N) is 3. The van der Waals surface area contributed by atoms with Gasteiger partial charge in [0, 0.05) is 25.2 Å². The number of ether oxygens (including phenoxy) is 1. The van der Waals surface area contributed by atoms with Crippen LogP contribution in [0.1, 0.15) is 12.0 Å². The lowest BCUT2D eigenvalue weighted by Gasteiger charge is -2.08. The first kappa shape index (κ1) is 17.2. The third-order valence-corrected chi connectivity index (χ3v) is 4.02. The molecule has 8 heteroatoms. The van der Waals surface area contributed by atoms with Crippen LogP contribution in [-0.2, 0) is 4.74 Å². The number of aryl methyl sites for hydroxylation is 1. The minimum atomic E-state index is -0.449. The maximum absolute atomic E-state index is 11.4. The second-order valence-corrected chi connectivity index (χ2v) is 5.88. The van der Waals surface area contributed by atoms with Crippen molar-refractivity contribution in [2.24, 2.45) is 0 Å². The summed E-state index contributed by atoms with van der Waals surface area (Å²) in [6.45, 7) is 3.11. The molecule has 2 aromatic rings. The van der Waals surface area contributed by atoms with Crippen LogP contribution in [0.3, 0.4) is 0 Å². The van der Waals surface area contributed by atoms with Crippen LogP contribution in [0.4, 0.5) is 11.5 Å². The Labute approximate surface area is 138 Å². The van der Waals surface area contributed by atoms with Crippen LogP contribution in [0.25, 0.3) is 0 Å². The third kappa shape index (κ3) is 4.90. The van der Waals surface area contributed by atoms with Gasteiger partial charge < -0.3 is 10.1 Å². The number of rotatable bonds is 8.